The Hall–Kier alpha value is -2.49. The lowest BCUT2D eigenvalue weighted by molar-refractivity contribution is -0.144. The molecule has 21 heavy (non-hydrogen) atoms. The highest BCUT2D eigenvalue weighted by Crippen LogP contribution is 2.31. The van der Waals surface area contributed by atoms with Crippen LogP contribution >= 0.6 is 0 Å². The van der Waals surface area contributed by atoms with Crippen LogP contribution in [0.3, 0.4) is 0 Å². The second kappa shape index (κ2) is 5.48. The highest BCUT2D eigenvalue weighted by molar-refractivity contribution is 5.78. The van der Waals surface area contributed by atoms with E-state index in [4.69, 9.17) is 14.2 Å². The van der Waals surface area contributed by atoms with Gasteiger partial charge in [-0.05, 0) is 49.2 Å². The largest absolute Gasteiger partial charge is 0.485 e. The number of rotatable bonds is 2. The molecule has 4 heteroatoms. The van der Waals surface area contributed by atoms with Crippen molar-refractivity contribution in [2.75, 3.05) is 6.61 Å². The van der Waals surface area contributed by atoms with Crippen LogP contribution in [0.5, 0.6) is 17.2 Å². The number of para-hydroxylation sites is 2. The summed E-state index contributed by atoms with van der Waals surface area (Å²) in [6, 6.07) is 12.8. The molecule has 0 amide bonds. The Morgan fingerprint density at radius 1 is 1.10 bits per heavy atom. The quantitative estimate of drug-likeness (QED) is 0.628. The van der Waals surface area contributed by atoms with Crippen molar-refractivity contribution >= 4 is 5.97 Å². The Morgan fingerprint density at radius 2 is 1.86 bits per heavy atom. The second-order valence-corrected chi connectivity index (χ2v) is 5.03. The zero-order chi connectivity index (χ0) is 14.8. The van der Waals surface area contributed by atoms with E-state index < -0.39 is 12.1 Å². The van der Waals surface area contributed by atoms with Gasteiger partial charge in [0.2, 0.25) is 6.10 Å². The van der Waals surface area contributed by atoms with E-state index >= 15 is 0 Å². The lowest BCUT2D eigenvalue weighted by atomic mass is 10.1. The van der Waals surface area contributed by atoms with Crippen LogP contribution in [0.15, 0.2) is 42.5 Å². The minimum atomic E-state index is -0.749. The molecule has 0 bridgehead atoms. The second-order valence-electron chi connectivity index (χ2n) is 5.03. The first kappa shape index (κ1) is 13.5. The Balaban J connectivity index is 1.70. The standard InChI is InChI=1S/C17H16O4/c1-11-7-8-13(9-12(11)2)20-17(18)16-10-19-14-5-3-4-6-15(14)21-16/h3-9,16H,10H2,1-2H3. The summed E-state index contributed by atoms with van der Waals surface area (Å²) in [5, 5.41) is 0. The summed E-state index contributed by atoms with van der Waals surface area (Å²) in [4.78, 5) is 12.1. The molecule has 3 rings (SSSR count). The van der Waals surface area contributed by atoms with Gasteiger partial charge in [-0.15, -0.1) is 0 Å². The summed E-state index contributed by atoms with van der Waals surface area (Å²) in [5.41, 5.74) is 2.23. The maximum Gasteiger partial charge on any atom is 0.356 e. The zero-order valence-corrected chi connectivity index (χ0v) is 12.0. The van der Waals surface area contributed by atoms with Crippen LogP contribution < -0.4 is 14.2 Å². The predicted molar refractivity (Wildman–Crippen MR) is 77.9 cm³/mol. The van der Waals surface area contributed by atoms with E-state index in [1.165, 1.54) is 0 Å². The fourth-order valence-corrected chi connectivity index (χ4v) is 2.09. The van der Waals surface area contributed by atoms with Crippen molar-refractivity contribution in [3.8, 4) is 17.2 Å². The van der Waals surface area contributed by atoms with Crippen molar-refractivity contribution in [3.05, 3.63) is 53.6 Å². The van der Waals surface area contributed by atoms with Crippen LogP contribution in [-0.2, 0) is 4.79 Å². The molecule has 0 aromatic heterocycles. The number of esters is 1. The Kier molecular flexibility index (Phi) is 3.52. The highest BCUT2D eigenvalue weighted by Gasteiger charge is 2.29. The van der Waals surface area contributed by atoms with E-state index in [0.29, 0.717) is 17.2 Å². The summed E-state index contributed by atoms with van der Waals surface area (Å²) >= 11 is 0. The average molecular weight is 284 g/mol. The fourth-order valence-electron chi connectivity index (χ4n) is 2.09. The van der Waals surface area contributed by atoms with Gasteiger partial charge in [-0.3, -0.25) is 0 Å². The van der Waals surface area contributed by atoms with Crippen LogP contribution in [0.4, 0.5) is 0 Å². The number of aryl methyl sites for hydroxylation is 2. The van der Waals surface area contributed by atoms with Crippen LogP contribution in [0.2, 0.25) is 0 Å². The van der Waals surface area contributed by atoms with Crippen molar-refractivity contribution < 1.29 is 19.0 Å². The van der Waals surface area contributed by atoms with Gasteiger partial charge >= 0.3 is 5.97 Å². The molecule has 1 unspecified atom stereocenters. The van der Waals surface area contributed by atoms with Crippen LogP contribution in [0, 0.1) is 13.8 Å². The molecule has 0 N–H and O–H groups in total. The normalized spacial score (nSPS) is 16.4. The molecule has 0 saturated heterocycles. The minimum absolute atomic E-state index is 0.153. The first-order valence-electron chi connectivity index (χ1n) is 6.81. The topological polar surface area (TPSA) is 44.8 Å². The molecule has 2 aromatic carbocycles. The molecule has 4 nitrogen and oxygen atoms in total. The van der Waals surface area contributed by atoms with Gasteiger partial charge in [0.15, 0.2) is 11.5 Å². The van der Waals surface area contributed by atoms with Gasteiger partial charge in [0.1, 0.15) is 12.4 Å². The number of carbonyl (C=O) groups is 1. The summed E-state index contributed by atoms with van der Waals surface area (Å²) < 4.78 is 16.5. The van der Waals surface area contributed by atoms with E-state index in [-0.39, 0.29) is 6.61 Å². The summed E-state index contributed by atoms with van der Waals surface area (Å²) in [6.45, 7) is 4.14. The lowest BCUT2D eigenvalue weighted by Gasteiger charge is -2.24. The molecule has 0 spiro atoms. The molecule has 0 fully saturated rings. The third kappa shape index (κ3) is 2.84. The zero-order valence-electron chi connectivity index (χ0n) is 12.0. The SMILES string of the molecule is Cc1ccc(OC(=O)C2COc3ccccc3O2)cc1C. The number of fused-ring (bicyclic) bond motifs is 1. The highest BCUT2D eigenvalue weighted by atomic mass is 16.6. The van der Waals surface area contributed by atoms with Gasteiger partial charge in [-0.2, -0.15) is 0 Å². The number of ether oxygens (including phenoxy) is 3. The molecule has 108 valence electrons. The van der Waals surface area contributed by atoms with Gasteiger partial charge in [-0.25, -0.2) is 4.79 Å². The van der Waals surface area contributed by atoms with Gasteiger partial charge in [-0.1, -0.05) is 18.2 Å². The Bertz CT molecular complexity index is 678. The maximum atomic E-state index is 12.1. The van der Waals surface area contributed by atoms with E-state index in [9.17, 15) is 4.79 Å². The van der Waals surface area contributed by atoms with Crippen molar-refractivity contribution in [2.45, 2.75) is 20.0 Å². The van der Waals surface area contributed by atoms with E-state index in [0.717, 1.165) is 11.1 Å². The van der Waals surface area contributed by atoms with Crippen LogP contribution in [0.1, 0.15) is 11.1 Å². The monoisotopic (exact) mass is 284 g/mol. The van der Waals surface area contributed by atoms with Gasteiger partial charge in [0.05, 0.1) is 0 Å². The Labute approximate surface area is 123 Å². The number of hydrogen-bond acceptors (Lipinski definition) is 4. The fraction of sp³-hybridized carbons (Fsp3) is 0.235. The molecular formula is C17H16O4. The predicted octanol–water partition coefficient (Wildman–Crippen LogP) is 3.05. The summed E-state index contributed by atoms with van der Waals surface area (Å²) in [5.74, 6) is 1.27. The lowest BCUT2D eigenvalue weighted by Crippen LogP contribution is -2.39. The van der Waals surface area contributed by atoms with Crippen molar-refractivity contribution in [1.29, 1.82) is 0 Å². The minimum Gasteiger partial charge on any atom is -0.485 e. The third-order valence-corrected chi connectivity index (χ3v) is 3.47. The third-order valence-electron chi connectivity index (χ3n) is 3.47. The molecular weight excluding hydrogens is 268 g/mol. The molecule has 1 aliphatic rings. The van der Waals surface area contributed by atoms with E-state index in [1.807, 2.05) is 38.1 Å². The van der Waals surface area contributed by atoms with E-state index in [1.54, 1.807) is 18.2 Å². The van der Waals surface area contributed by atoms with E-state index in [2.05, 4.69) is 0 Å². The molecule has 1 aliphatic heterocycles. The van der Waals surface area contributed by atoms with Crippen LogP contribution in [-0.4, -0.2) is 18.7 Å². The summed E-state index contributed by atoms with van der Waals surface area (Å²) in [6.07, 6.45) is -0.749. The van der Waals surface area contributed by atoms with Crippen molar-refractivity contribution in [3.63, 3.8) is 0 Å². The molecule has 0 saturated carbocycles. The molecule has 0 radical (unpaired) electrons. The van der Waals surface area contributed by atoms with Gasteiger partial charge in [0.25, 0.3) is 0 Å². The number of carbonyl (C=O) groups excluding carboxylic acids is 1. The molecule has 2 aromatic rings. The number of hydrogen-bond donors (Lipinski definition) is 0. The van der Waals surface area contributed by atoms with Crippen molar-refractivity contribution in [1.82, 2.24) is 0 Å². The number of benzene rings is 2. The first-order chi connectivity index (χ1) is 10.1. The average Bonchev–Trinajstić information content (AvgIpc) is 2.50. The smallest absolute Gasteiger partial charge is 0.356 e. The molecule has 1 heterocycles. The van der Waals surface area contributed by atoms with Gasteiger partial charge < -0.3 is 14.2 Å². The molecule has 0 aliphatic carbocycles. The summed E-state index contributed by atoms with van der Waals surface area (Å²) in [7, 11) is 0. The molecule has 1 atom stereocenters. The first-order valence-corrected chi connectivity index (χ1v) is 6.81. The van der Waals surface area contributed by atoms with Crippen molar-refractivity contribution in [2.24, 2.45) is 0 Å². The van der Waals surface area contributed by atoms with Gasteiger partial charge in [0, 0.05) is 0 Å². The van der Waals surface area contributed by atoms with Crippen LogP contribution in [0.25, 0.3) is 0 Å². The Morgan fingerprint density at radius 3 is 2.62 bits per heavy atom. The maximum absolute atomic E-state index is 12.1.